The molecular formula is C10H12Br2S. The highest BCUT2D eigenvalue weighted by atomic mass is 79.9. The van der Waals surface area contributed by atoms with E-state index >= 15 is 0 Å². The SMILES string of the molecule is CC(CS)Cc1cc(Br)ccc1Br. The van der Waals surface area contributed by atoms with Crippen LogP contribution in [0.4, 0.5) is 0 Å². The van der Waals surface area contributed by atoms with E-state index in [2.05, 4.69) is 63.5 Å². The second kappa shape index (κ2) is 5.42. The van der Waals surface area contributed by atoms with Crippen molar-refractivity contribution in [1.82, 2.24) is 0 Å². The van der Waals surface area contributed by atoms with Crippen LogP contribution < -0.4 is 0 Å². The highest BCUT2D eigenvalue weighted by Crippen LogP contribution is 2.24. The molecule has 0 nitrogen and oxygen atoms in total. The van der Waals surface area contributed by atoms with E-state index in [0.717, 1.165) is 16.6 Å². The zero-order chi connectivity index (χ0) is 9.84. The van der Waals surface area contributed by atoms with Gasteiger partial charge in [0.15, 0.2) is 0 Å². The van der Waals surface area contributed by atoms with Crippen molar-refractivity contribution >= 4 is 44.5 Å². The molecule has 0 amide bonds. The van der Waals surface area contributed by atoms with Crippen LogP contribution in [0.25, 0.3) is 0 Å². The molecule has 13 heavy (non-hydrogen) atoms. The van der Waals surface area contributed by atoms with Gasteiger partial charge in [-0.25, -0.2) is 0 Å². The van der Waals surface area contributed by atoms with Gasteiger partial charge in [-0.1, -0.05) is 38.8 Å². The van der Waals surface area contributed by atoms with E-state index in [1.54, 1.807) is 0 Å². The van der Waals surface area contributed by atoms with Crippen LogP contribution in [0.15, 0.2) is 27.1 Å². The first-order valence-corrected chi connectivity index (χ1v) is 6.40. The summed E-state index contributed by atoms with van der Waals surface area (Å²) in [5.74, 6) is 1.55. The summed E-state index contributed by atoms with van der Waals surface area (Å²) in [7, 11) is 0. The second-order valence-corrected chi connectivity index (χ2v) is 5.36. The molecule has 0 aliphatic rings. The molecule has 0 aliphatic carbocycles. The summed E-state index contributed by atoms with van der Waals surface area (Å²) in [5.41, 5.74) is 1.34. The molecule has 1 aromatic rings. The molecule has 1 unspecified atom stereocenters. The minimum Gasteiger partial charge on any atom is -0.179 e. The molecular weight excluding hydrogens is 312 g/mol. The topological polar surface area (TPSA) is 0 Å². The van der Waals surface area contributed by atoms with Crippen molar-refractivity contribution in [3.63, 3.8) is 0 Å². The summed E-state index contributed by atoms with van der Waals surface area (Å²) in [6, 6.07) is 6.27. The van der Waals surface area contributed by atoms with Gasteiger partial charge >= 0.3 is 0 Å². The maximum Gasteiger partial charge on any atom is 0.0208 e. The molecule has 0 bridgehead atoms. The third kappa shape index (κ3) is 3.64. The average Bonchev–Trinajstić information content (AvgIpc) is 2.11. The number of thiol groups is 1. The fourth-order valence-electron chi connectivity index (χ4n) is 1.14. The van der Waals surface area contributed by atoms with Gasteiger partial charge in [-0.2, -0.15) is 12.6 Å². The lowest BCUT2D eigenvalue weighted by Gasteiger charge is -2.09. The van der Waals surface area contributed by atoms with Gasteiger partial charge < -0.3 is 0 Å². The number of rotatable bonds is 3. The van der Waals surface area contributed by atoms with E-state index in [9.17, 15) is 0 Å². The van der Waals surface area contributed by atoms with Crippen LogP contribution in [0.3, 0.4) is 0 Å². The predicted octanol–water partition coefficient (Wildman–Crippen LogP) is 4.32. The predicted molar refractivity (Wildman–Crippen MR) is 68.6 cm³/mol. The van der Waals surface area contributed by atoms with E-state index in [0.29, 0.717) is 5.92 Å². The van der Waals surface area contributed by atoms with Crippen molar-refractivity contribution in [2.24, 2.45) is 5.92 Å². The van der Waals surface area contributed by atoms with Crippen molar-refractivity contribution in [3.8, 4) is 0 Å². The maximum atomic E-state index is 4.28. The molecule has 0 N–H and O–H groups in total. The van der Waals surface area contributed by atoms with Gasteiger partial charge in [-0.05, 0) is 41.9 Å². The van der Waals surface area contributed by atoms with Crippen molar-refractivity contribution in [2.45, 2.75) is 13.3 Å². The molecule has 3 heteroatoms. The number of halogens is 2. The summed E-state index contributed by atoms with van der Waals surface area (Å²) in [4.78, 5) is 0. The van der Waals surface area contributed by atoms with E-state index in [1.807, 2.05) is 6.07 Å². The number of benzene rings is 1. The van der Waals surface area contributed by atoms with Crippen molar-refractivity contribution < 1.29 is 0 Å². The van der Waals surface area contributed by atoms with Gasteiger partial charge in [0.1, 0.15) is 0 Å². The van der Waals surface area contributed by atoms with Crippen LogP contribution in [-0.4, -0.2) is 5.75 Å². The van der Waals surface area contributed by atoms with E-state index in [-0.39, 0.29) is 0 Å². The Kier molecular flexibility index (Phi) is 4.84. The highest BCUT2D eigenvalue weighted by Gasteiger charge is 2.05. The second-order valence-electron chi connectivity index (χ2n) is 3.23. The normalized spacial score (nSPS) is 12.9. The summed E-state index contributed by atoms with van der Waals surface area (Å²) in [6.07, 6.45) is 1.07. The van der Waals surface area contributed by atoms with E-state index < -0.39 is 0 Å². The first-order chi connectivity index (χ1) is 6.13. The molecule has 0 fully saturated rings. The molecule has 0 heterocycles. The fourth-order valence-corrected chi connectivity index (χ4v) is 2.09. The van der Waals surface area contributed by atoms with Crippen LogP contribution >= 0.6 is 44.5 Å². The Hall–Kier alpha value is 0.530. The van der Waals surface area contributed by atoms with Crippen LogP contribution in [0.2, 0.25) is 0 Å². The van der Waals surface area contributed by atoms with Crippen molar-refractivity contribution in [2.75, 3.05) is 5.75 Å². The lowest BCUT2D eigenvalue weighted by Crippen LogP contribution is -2.01. The molecule has 0 aromatic heterocycles. The third-order valence-corrected chi connectivity index (χ3v) is 3.78. The van der Waals surface area contributed by atoms with Crippen molar-refractivity contribution in [1.29, 1.82) is 0 Å². The monoisotopic (exact) mass is 322 g/mol. The molecule has 0 saturated carbocycles. The zero-order valence-electron chi connectivity index (χ0n) is 7.43. The first kappa shape index (κ1) is 11.6. The van der Waals surface area contributed by atoms with Crippen LogP contribution in [0.1, 0.15) is 12.5 Å². The van der Waals surface area contributed by atoms with Gasteiger partial charge in [0, 0.05) is 8.95 Å². The Morgan fingerprint density at radius 3 is 2.69 bits per heavy atom. The van der Waals surface area contributed by atoms with Gasteiger partial charge in [0.25, 0.3) is 0 Å². The van der Waals surface area contributed by atoms with Crippen LogP contribution in [0, 0.1) is 5.92 Å². The molecule has 0 aliphatic heterocycles. The average molecular weight is 324 g/mol. The van der Waals surface area contributed by atoms with E-state index in [4.69, 9.17) is 0 Å². The summed E-state index contributed by atoms with van der Waals surface area (Å²) in [5, 5.41) is 0. The summed E-state index contributed by atoms with van der Waals surface area (Å²) < 4.78 is 2.32. The summed E-state index contributed by atoms with van der Waals surface area (Å²) in [6.45, 7) is 2.21. The van der Waals surface area contributed by atoms with Crippen molar-refractivity contribution in [3.05, 3.63) is 32.7 Å². The lowest BCUT2D eigenvalue weighted by molar-refractivity contribution is 0.658. The molecule has 72 valence electrons. The minimum atomic E-state index is 0.619. The molecule has 1 aromatic carbocycles. The molecule has 1 atom stereocenters. The lowest BCUT2D eigenvalue weighted by atomic mass is 10.0. The quantitative estimate of drug-likeness (QED) is 0.787. The Bertz CT molecular complexity index is 286. The number of hydrogen-bond acceptors (Lipinski definition) is 1. The highest BCUT2D eigenvalue weighted by molar-refractivity contribution is 9.11. The molecule has 1 rings (SSSR count). The van der Waals surface area contributed by atoms with E-state index in [1.165, 1.54) is 10.0 Å². The van der Waals surface area contributed by atoms with Gasteiger partial charge in [-0.3, -0.25) is 0 Å². The molecule has 0 radical (unpaired) electrons. The summed E-state index contributed by atoms with van der Waals surface area (Å²) >= 11 is 11.3. The largest absolute Gasteiger partial charge is 0.179 e. The zero-order valence-corrected chi connectivity index (χ0v) is 11.5. The van der Waals surface area contributed by atoms with Crippen LogP contribution in [0.5, 0.6) is 0 Å². The standard InChI is InChI=1S/C10H12Br2S/c1-7(6-13)4-8-5-9(11)2-3-10(8)12/h2-3,5,7,13H,4,6H2,1H3. The minimum absolute atomic E-state index is 0.619. The first-order valence-electron chi connectivity index (χ1n) is 4.18. The Balaban J connectivity index is 2.81. The van der Waals surface area contributed by atoms with Gasteiger partial charge in [0.05, 0.1) is 0 Å². The fraction of sp³-hybridized carbons (Fsp3) is 0.400. The smallest absolute Gasteiger partial charge is 0.0208 e. The Morgan fingerprint density at radius 2 is 2.08 bits per heavy atom. The Labute approximate surface area is 102 Å². The third-order valence-electron chi connectivity index (χ3n) is 1.89. The van der Waals surface area contributed by atoms with Gasteiger partial charge in [0.2, 0.25) is 0 Å². The molecule has 0 saturated heterocycles. The number of hydrogen-bond donors (Lipinski definition) is 1. The maximum absolute atomic E-state index is 4.28. The Morgan fingerprint density at radius 1 is 1.38 bits per heavy atom. The van der Waals surface area contributed by atoms with Gasteiger partial charge in [-0.15, -0.1) is 0 Å². The van der Waals surface area contributed by atoms with Crippen LogP contribution in [-0.2, 0) is 6.42 Å². The molecule has 0 spiro atoms.